The molecule has 0 aromatic carbocycles. The smallest absolute Gasteiger partial charge is 0.306 e. The van der Waals surface area contributed by atoms with E-state index in [4.69, 9.17) is 13.8 Å². The van der Waals surface area contributed by atoms with E-state index in [1.54, 1.807) is 0 Å². The number of carbonyl (C=O) groups excluding carboxylic acids is 2. The highest BCUT2D eigenvalue weighted by molar-refractivity contribution is 7.45. The van der Waals surface area contributed by atoms with Crippen molar-refractivity contribution in [1.29, 1.82) is 0 Å². The summed E-state index contributed by atoms with van der Waals surface area (Å²) in [7, 11) is 1.17. The number of phosphoric acid groups is 1. The summed E-state index contributed by atoms with van der Waals surface area (Å²) < 4.78 is 30.3. The summed E-state index contributed by atoms with van der Waals surface area (Å²) in [5, 5.41) is 3.02. The Labute approximate surface area is 457 Å². The van der Waals surface area contributed by atoms with Gasteiger partial charge >= 0.3 is 5.97 Å². The lowest BCUT2D eigenvalue weighted by Crippen LogP contribution is -2.47. The van der Waals surface area contributed by atoms with Crippen LogP contribution in [0, 0.1) is 0 Å². The summed E-state index contributed by atoms with van der Waals surface area (Å²) in [4.78, 5) is 40.0. The second-order valence-corrected chi connectivity index (χ2v) is 23.2. The minimum Gasteiger partial charge on any atom is -0.756 e. The molecule has 0 aromatic heterocycles. The van der Waals surface area contributed by atoms with Gasteiger partial charge in [-0.05, 0) is 96.0 Å². The van der Waals surface area contributed by atoms with Gasteiger partial charge in [-0.2, -0.15) is 0 Å². The molecule has 1 N–H and O–H groups in total. The number of likely N-dealkylation sites (N-methyl/N-ethyl adjacent to an activating group) is 1. The van der Waals surface area contributed by atoms with Gasteiger partial charge in [0.25, 0.3) is 7.82 Å². The van der Waals surface area contributed by atoms with Gasteiger partial charge in [0.1, 0.15) is 19.3 Å². The molecule has 0 fully saturated rings. The number of rotatable bonds is 55. The Morgan fingerprint density at radius 2 is 0.865 bits per heavy atom. The van der Waals surface area contributed by atoms with Gasteiger partial charge in [-0.15, -0.1) is 0 Å². The number of amides is 1. The molecule has 0 saturated heterocycles. The quantitative estimate of drug-likeness (QED) is 0.0212. The number of phosphoric ester groups is 1. The van der Waals surface area contributed by atoms with E-state index in [1.807, 2.05) is 33.3 Å². The van der Waals surface area contributed by atoms with Crippen LogP contribution in [0.25, 0.3) is 0 Å². The topological polar surface area (TPSA) is 114 Å². The number of allylic oxidation sites excluding steroid dienone is 11. The summed E-state index contributed by atoms with van der Waals surface area (Å²) in [6.07, 6.45) is 68.6. The maximum Gasteiger partial charge on any atom is 0.306 e. The number of hydrogen-bond donors (Lipinski definition) is 1. The van der Waals surface area contributed by atoms with Crippen molar-refractivity contribution >= 4 is 19.7 Å². The average molecular weight is 1060 g/mol. The highest BCUT2D eigenvalue weighted by atomic mass is 31.2. The van der Waals surface area contributed by atoms with Crippen LogP contribution < -0.4 is 10.2 Å². The monoisotopic (exact) mass is 1060 g/mol. The van der Waals surface area contributed by atoms with Crippen molar-refractivity contribution in [3.63, 3.8) is 0 Å². The number of unbranched alkanes of at least 4 members (excludes halogenated alkanes) is 29. The minimum atomic E-state index is -4.70. The van der Waals surface area contributed by atoms with Gasteiger partial charge in [-0.1, -0.05) is 235 Å². The summed E-state index contributed by atoms with van der Waals surface area (Å²) in [6.45, 7) is 6.71. The lowest BCUT2D eigenvalue weighted by atomic mass is 10.0. The molecule has 0 saturated carbocycles. The highest BCUT2D eigenvalue weighted by Crippen LogP contribution is 2.38. The van der Waals surface area contributed by atoms with Crippen molar-refractivity contribution in [2.75, 3.05) is 40.9 Å². The predicted octanol–water partition coefficient (Wildman–Crippen LogP) is 18.2. The molecule has 3 atom stereocenters. The Balaban J connectivity index is 5.28. The van der Waals surface area contributed by atoms with Crippen molar-refractivity contribution in [1.82, 2.24) is 5.32 Å². The minimum absolute atomic E-state index is 0.0274. The predicted molar refractivity (Wildman–Crippen MR) is 316 cm³/mol. The molecular formula is C64H117N2O7P. The third kappa shape index (κ3) is 54.2. The van der Waals surface area contributed by atoms with Crippen molar-refractivity contribution in [3.8, 4) is 0 Å². The molecule has 0 aliphatic rings. The third-order valence-electron chi connectivity index (χ3n) is 13.4. The fourth-order valence-electron chi connectivity index (χ4n) is 8.63. The number of esters is 1. The molecule has 0 aromatic rings. The molecule has 74 heavy (non-hydrogen) atoms. The molecular weight excluding hydrogens is 940 g/mol. The van der Waals surface area contributed by atoms with E-state index in [0.717, 1.165) is 109 Å². The zero-order valence-corrected chi connectivity index (χ0v) is 49.9. The zero-order chi connectivity index (χ0) is 54.3. The maximum atomic E-state index is 13.5. The van der Waals surface area contributed by atoms with Crippen molar-refractivity contribution in [2.24, 2.45) is 0 Å². The van der Waals surface area contributed by atoms with Crippen LogP contribution in [-0.2, 0) is 27.9 Å². The molecule has 0 spiro atoms. The molecule has 0 heterocycles. The molecule has 1 amide bonds. The number of ether oxygens (including phenoxy) is 1. The van der Waals surface area contributed by atoms with E-state index in [0.29, 0.717) is 17.4 Å². The second-order valence-electron chi connectivity index (χ2n) is 21.8. The third-order valence-corrected chi connectivity index (χ3v) is 14.3. The summed E-state index contributed by atoms with van der Waals surface area (Å²) in [6, 6.07) is -0.897. The molecule has 0 aliphatic heterocycles. The van der Waals surface area contributed by atoms with E-state index in [2.05, 4.69) is 86.8 Å². The van der Waals surface area contributed by atoms with Crippen molar-refractivity contribution in [2.45, 2.75) is 283 Å². The van der Waals surface area contributed by atoms with Crippen LogP contribution in [0.1, 0.15) is 271 Å². The van der Waals surface area contributed by atoms with E-state index in [1.165, 1.54) is 128 Å². The first-order chi connectivity index (χ1) is 35.9. The van der Waals surface area contributed by atoms with Crippen LogP contribution in [0.3, 0.4) is 0 Å². The molecule has 9 nitrogen and oxygen atoms in total. The Morgan fingerprint density at radius 1 is 0.486 bits per heavy atom. The van der Waals surface area contributed by atoms with Gasteiger partial charge in [0, 0.05) is 12.8 Å². The molecule has 10 heteroatoms. The second kappa shape index (κ2) is 53.8. The van der Waals surface area contributed by atoms with Gasteiger partial charge in [-0.25, -0.2) is 0 Å². The Morgan fingerprint density at radius 3 is 1.32 bits per heavy atom. The average Bonchev–Trinajstić information content (AvgIpc) is 3.36. The van der Waals surface area contributed by atoms with Gasteiger partial charge in [0.2, 0.25) is 5.91 Å². The number of hydrogen-bond acceptors (Lipinski definition) is 7. The highest BCUT2D eigenvalue weighted by Gasteiger charge is 2.27. The summed E-state index contributed by atoms with van der Waals surface area (Å²) >= 11 is 0. The van der Waals surface area contributed by atoms with E-state index in [-0.39, 0.29) is 24.9 Å². The van der Waals surface area contributed by atoms with E-state index < -0.39 is 26.6 Å². The molecule has 430 valence electrons. The largest absolute Gasteiger partial charge is 0.756 e. The van der Waals surface area contributed by atoms with Crippen LogP contribution in [-0.4, -0.2) is 69.4 Å². The van der Waals surface area contributed by atoms with Crippen LogP contribution in [0.2, 0.25) is 0 Å². The number of nitrogens with zero attached hydrogens (tertiary/aromatic N) is 1. The van der Waals surface area contributed by atoms with E-state index >= 15 is 0 Å². The van der Waals surface area contributed by atoms with Crippen LogP contribution >= 0.6 is 7.82 Å². The lowest BCUT2D eigenvalue weighted by Gasteiger charge is -2.30. The van der Waals surface area contributed by atoms with Crippen LogP contribution in [0.4, 0.5) is 0 Å². The Hall–Kier alpha value is -2.55. The van der Waals surface area contributed by atoms with Gasteiger partial charge in [0.05, 0.1) is 33.8 Å². The van der Waals surface area contributed by atoms with Gasteiger partial charge < -0.3 is 28.5 Å². The van der Waals surface area contributed by atoms with Crippen LogP contribution in [0.5, 0.6) is 0 Å². The van der Waals surface area contributed by atoms with Crippen molar-refractivity contribution < 1.29 is 37.3 Å². The standard InChI is InChI=1S/C64H117N2O7P/c1-7-10-13-16-19-22-25-28-30-31-32-33-34-35-36-39-42-45-48-51-54-57-64(68)73-62(55-52-49-46-43-40-37-27-24-21-18-15-12-9-3)61(60-72-74(69,70)71-59-58-66(4,5)6)65-63(67)56-53-50-47-44-41-38-29-26-23-20-17-14-11-8-2/h11,14,19-20,22-23,28,30,32-33,52,55,61-62H,7-10,12-13,15-18,21,24-27,29,31,34-51,53-54,56-60H2,1-6H3,(H-,65,67,69,70)/b14-11+,22-19-,23-20+,30-28-,33-32-,55-52-. The summed E-state index contributed by atoms with van der Waals surface area (Å²) in [5.74, 6) is -0.557. The molecule has 0 rings (SSSR count). The number of carbonyl (C=O) groups is 2. The first-order valence-electron chi connectivity index (χ1n) is 30.7. The van der Waals surface area contributed by atoms with Gasteiger partial charge in [-0.3, -0.25) is 14.2 Å². The normalized spacial score (nSPS) is 14.2. The zero-order valence-electron chi connectivity index (χ0n) is 49.0. The first-order valence-corrected chi connectivity index (χ1v) is 32.2. The van der Waals surface area contributed by atoms with Crippen molar-refractivity contribution in [3.05, 3.63) is 72.9 Å². The molecule has 0 radical (unpaired) electrons. The maximum absolute atomic E-state index is 13.5. The Bertz CT molecular complexity index is 1500. The molecule has 3 unspecified atom stereocenters. The molecule has 0 aliphatic carbocycles. The summed E-state index contributed by atoms with van der Waals surface area (Å²) in [5.41, 5.74) is 0. The van der Waals surface area contributed by atoms with Gasteiger partial charge in [0.15, 0.2) is 0 Å². The number of quaternary nitrogens is 1. The fraction of sp³-hybridized carbons (Fsp3) is 0.781. The first kappa shape index (κ1) is 71.5. The number of nitrogens with one attached hydrogen (secondary N) is 1. The SMILES string of the molecule is CC/C=C/C/C=C/CCCCCCCCCC(=O)NC(COP(=O)([O-])OCC[N+](C)(C)C)C(/C=C\CCCCCCCCCCCCC)OC(=O)CCCCCCCCCC/C=C\C/C=C\C/C=C\CCCCC. The van der Waals surface area contributed by atoms with Crippen LogP contribution in [0.15, 0.2) is 72.9 Å². The Kier molecular flexibility index (Phi) is 52.0. The lowest BCUT2D eigenvalue weighted by molar-refractivity contribution is -0.870. The molecule has 0 bridgehead atoms. The van der Waals surface area contributed by atoms with E-state index in [9.17, 15) is 19.0 Å². The fourth-order valence-corrected chi connectivity index (χ4v) is 9.35.